The number of nitrogens with one attached hydrogen (secondary N) is 1. The van der Waals surface area contributed by atoms with E-state index in [9.17, 15) is 9.59 Å². The average Bonchev–Trinajstić information content (AvgIpc) is 2.70. The van der Waals surface area contributed by atoms with E-state index >= 15 is 0 Å². The largest absolute Gasteiger partial charge is 0.482 e. The zero-order valence-electron chi connectivity index (χ0n) is 15.2. The fourth-order valence-electron chi connectivity index (χ4n) is 2.47. The highest BCUT2D eigenvalue weighted by molar-refractivity contribution is 5.81. The third-order valence-corrected chi connectivity index (χ3v) is 4.03. The van der Waals surface area contributed by atoms with Gasteiger partial charge in [-0.15, -0.1) is 0 Å². The molecule has 0 atom stereocenters. The first-order valence-corrected chi connectivity index (χ1v) is 8.85. The lowest BCUT2D eigenvalue weighted by Crippen LogP contribution is -2.37. The van der Waals surface area contributed by atoms with E-state index in [-0.39, 0.29) is 25.2 Å². The Labute approximate surface area is 154 Å². The van der Waals surface area contributed by atoms with E-state index in [0.29, 0.717) is 5.75 Å². The molecule has 0 heterocycles. The number of benzene rings is 2. The lowest BCUT2D eigenvalue weighted by atomic mass is 10.1. The Balaban J connectivity index is 1.74. The second-order valence-electron chi connectivity index (χ2n) is 5.92. The maximum absolute atomic E-state index is 11.7. The maximum Gasteiger partial charge on any atom is 0.344 e. The van der Waals surface area contributed by atoms with Gasteiger partial charge < -0.3 is 14.8 Å². The normalized spacial score (nSPS) is 10.4. The quantitative estimate of drug-likeness (QED) is 0.698. The van der Waals surface area contributed by atoms with E-state index < -0.39 is 5.97 Å². The molecule has 0 saturated carbocycles. The molecule has 0 aliphatic heterocycles. The fraction of sp³-hybridized carbons (Fsp3) is 0.333. The van der Waals surface area contributed by atoms with Crippen molar-refractivity contribution in [3.05, 3.63) is 54.6 Å². The molecule has 26 heavy (non-hydrogen) atoms. The number of hydrogen-bond acceptors (Lipinski definition) is 4. The van der Waals surface area contributed by atoms with Gasteiger partial charge in [0.2, 0.25) is 0 Å². The molecule has 138 valence electrons. The zero-order valence-corrected chi connectivity index (χ0v) is 15.2. The van der Waals surface area contributed by atoms with Gasteiger partial charge in [0.05, 0.1) is 0 Å². The van der Waals surface area contributed by atoms with Crippen molar-refractivity contribution in [2.45, 2.75) is 32.7 Å². The van der Waals surface area contributed by atoms with Gasteiger partial charge in [0, 0.05) is 6.04 Å². The Morgan fingerprint density at radius 3 is 2.12 bits per heavy atom. The highest BCUT2D eigenvalue weighted by Crippen LogP contribution is 2.21. The van der Waals surface area contributed by atoms with Crippen molar-refractivity contribution in [1.29, 1.82) is 0 Å². The highest BCUT2D eigenvalue weighted by Gasteiger charge is 2.11. The van der Waals surface area contributed by atoms with Crippen LogP contribution in [0.1, 0.15) is 26.7 Å². The van der Waals surface area contributed by atoms with Crippen LogP contribution in [0.25, 0.3) is 11.1 Å². The van der Waals surface area contributed by atoms with E-state index in [1.807, 2.05) is 56.3 Å². The van der Waals surface area contributed by atoms with Gasteiger partial charge in [-0.2, -0.15) is 0 Å². The summed E-state index contributed by atoms with van der Waals surface area (Å²) in [5.74, 6) is -0.292. The summed E-state index contributed by atoms with van der Waals surface area (Å²) in [7, 11) is 0. The van der Waals surface area contributed by atoms with Crippen molar-refractivity contribution in [3.63, 3.8) is 0 Å². The molecule has 0 fully saturated rings. The van der Waals surface area contributed by atoms with Crippen LogP contribution < -0.4 is 10.1 Å². The SMILES string of the molecule is CCC(CC)NC(=O)COC(=O)COc1ccc(-c2ccccc2)cc1. The summed E-state index contributed by atoms with van der Waals surface area (Å²) in [6.07, 6.45) is 1.69. The molecular weight excluding hydrogens is 330 g/mol. The van der Waals surface area contributed by atoms with Crippen molar-refractivity contribution in [1.82, 2.24) is 5.32 Å². The van der Waals surface area contributed by atoms with Gasteiger partial charge in [-0.3, -0.25) is 4.79 Å². The van der Waals surface area contributed by atoms with Crippen LogP contribution in [0.4, 0.5) is 0 Å². The van der Waals surface area contributed by atoms with E-state index in [0.717, 1.165) is 24.0 Å². The Morgan fingerprint density at radius 2 is 1.50 bits per heavy atom. The molecule has 0 saturated heterocycles. The van der Waals surface area contributed by atoms with Gasteiger partial charge in [-0.05, 0) is 36.1 Å². The number of carbonyl (C=O) groups is 2. The molecule has 0 unspecified atom stereocenters. The van der Waals surface area contributed by atoms with Crippen LogP contribution >= 0.6 is 0 Å². The summed E-state index contributed by atoms with van der Waals surface area (Å²) < 4.78 is 10.3. The molecule has 5 nitrogen and oxygen atoms in total. The molecule has 0 spiro atoms. The van der Waals surface area contributed by atoms with Crippen LogP contribution in [0.3, 0.4) is 0 Å². The van der Waals surface area contributed by atoms with E-state index in [1.54, 1.807) is 12.1 Å². The second kappa shape index (κ2) is 10.2. The molecule has 2 aromatic carbocycles. The highest BCUT2D eigenvalue weighted by atomic mass is 16.6. The molecule has 0 bridgehead atoms. The van der Waals surface area contributed by atoms with Gasteiger partial charge in [-0.25, -0.2) is 4.79 Å². The van der Waals surface area contributed by atoms with Crippen LogP contribution in [0.5, 0.6) is 5.75 Å². The first kappa shape index (κ1) is 19.5. The van der Waals surface area contributed by atoms with Crippen molar-refractivity contribution in [2.75, 3.05) is 13.2 Å². The third kappa shape index (κ3) is 6.24. The predicted molar refractivity (Wildman–Crippen MR) is 101 cm³/mol. The molecule has 0 aliphatic carbocycles. The number of carbonyl (C=O) groups excluding carboxylic acids is 2. The number of esters is 1. The van der Waals surface area contributed by atoms with Crippen LogP contribution in [-0.2, 0) is 14.3 Å². The Kier molecular flexibility index (Phi) is 7.68. The molecule has 0 radical (unpaired) electrons. The van der Waals surface area contributed by atoms with Crippen molar-refractivity contribution >= 4 is 11.9 Å². The summed E-state index contributed by atoms with van der Waals surface area (Å²) in [4.78, 5) is 23.4. The lowest BCUT2D eigenvalue weighted by Gasteiger charge is -2.14. The fourth-order valence-corrected chi connectivity index (χ4v) is 2.47. The van der Waals surface area contributed by atoms with Gasteiger partial charge in [0.25, 0.3) is 5.91 Å². The molecule has 2 aromatic rings. The van der Waals surface area contributed by atoms with Crippen molar-refractivity contribution < 1.29 is 19.1 Å². The van der Waals surface area contributed by atoms with Crippen molar-refractivity contribution in [2.24, 2.45) is 0 Å². The summed E-state index contributed by atoms with van der Waals surface area (Å²) in [5, 5.41) is 2.81. The van der Waals surface area contributed by atoms with Gasteiger partial charge in [0.1, 0.15) is 5.75 Å². The standard InChI is InChI=1S/C21H25NO4/c1-3-18(4-2)22-20(23)14-26-21(24)15-25-19-12-10-17(11-13-19)16-8-6-5-7-9-16/h5-13,18H,3-4,14-15H2,1-2H3,(H,22,23). The van der Waals surface area contributed by atoms with E-state index in [2.05, 4.69) is 5.32 Å². The van der Waals surface area contributed by atoms with Crippen LogP contribution in [-0.4, -0.2) is 31.1 Å². The Hall–Kier alpha value is -2.82. The summed E-state index contributed by atoms with van der Waals surface area (Å²) in [5.41, 5.74) is 2.18. The molecule has 0 aliphatic rings. The summed E-state index contributed by atoms with van der Waals surface area (Å²) >= 11 is 0. The molecule has 0 aromatic heterocycles. The van der Waals surface area contributed by atoms with Gasteiger partial charge >= 0.3 is 5.97 Å². The lowest BCUT2D eigenvalue weighted by molar-refractivity contribution is -0.150. The smallest absolute Gasteiger partial charge is 0.344 e. The minimum Gasteiger partial charge on any atom is -0.482 e. The molecule has 1 amide bonds. The van der Waals surface area contributed by atoms with Gasteiger partial charge in [0.15, 0.2) is 13.2 Å². The number of rotatable bonds is 9. The van der Waals surface area contributed by atoms with Crippen LogP contribution in [0.2, 0.25) is 0 Å². The molecular formula is C21H25NO4. The number of hydrogen-bond donors (Lipinski definition) is 1. The topological polar surface area (TPSA) is 64.6 Å². The van der Waals surface area contributed by atoms with E-state index in [1.165, 1.54) is 0 Å². The van der Waals surface area contributed by atoms with Crippen LogP contribution in [0, 0.1) is 0 Å². The van der Waals surface area contributed by atoms with Gasteiger partial charge in [-0.1, -0.05) is 56.3 Å². The first-order chi connectivity index (χ1) is 12.6. The minimum atomic E-state index is -0.572. The minimum absolute atomic E-state index is 0.112. The monoisotopic (exact) mass is 355 g/mol. The number of ether oxygens (including phenoxy) is 2. The second-order valence-corrected chi connectivity index (χ2v) is 5.92. The Morgan fingerprint density at radius 1 is 0.885 bits per heavy atom. The summed E-state index contributed by atoms with van der Waals surface area (Å²) in [6.45, 7) is 3.48. The first-order valence-electron chi connectivity index (χ1n) is 8.85. The zero-order chi connectivity index (χ0) is 18.8. The maximum atomic E-state index is 11.7. The average molecular weight is 355 g/mol. The number of amides is 1. The summed E-state index contributed by atoms with van der Waals surface area (Å²) in [6, 6.07) is 17.6. The molecule has 2 rings (SSSR count). The van der Waals surface area contributed by atoms with Crippen molar-refractivity contribution in [3.8, 4) is 16.9 Å². The Bertz CT molecular complexity index is 694. The molecule has 5 heteroatoms. The third-order valence-electron chi connectivity index (χ3n) is 4.03. The van der Waals surface area contributed by atoms with Crippen LogP contribution in [0.15, 0.2) is 54.6 Å². The van der Waals surface area contributed by atoms with E-state index in [4.69, 9.17) is 9.47 Å². The molecule has 1 N–H and O–H groups in total. The predicted octanol–water partition coefficient (Wildman–Crippen LogP) is 3.58.